The molecule has 0 spiro atoms. The Morgan fingerprint density at radius 1 is 1.25 bits per heavy atom. The number of hydrogen-bond donors (Lipinski definition) is 1. The maximum Gasteiger partial charge on any atom is 0.135 e. The number of halogens is 2. The summed E-state index contributed by atoms with van der Waals surface area (Å²) in [7, 11) is 0. The van der Waals surface area contributed by atoms with Crippen LogP contribution in [0.15, 0.2) is 28.7 Å². The number of aryl methyl sites for hydroxylation is 2. The quantitative estimate of drug-likeness (QED) is 0.726. The third-order valence-electron chi connectivity index (χ3n) is 5.26. The fourth-order valence-electron chi connectivity index (χ4n) is 3.88. The summed E-state index contributed by atoms with van der Waals surface area (Å²) in [6.07, 6.45) is 0.845. The Morgan fingerprint density at radius 3 is 2.75 bits per heavy atom. The van der Waals surface area contributed by atoms with Crippen LogP contribution in [0, 0.1) is 25.5 Å². The van der Waals surface area contributed by atoms with Gasteiger partial charge in [0.05, 0.1) is 18.3 Å². The van der Waals surface area contributed by atoms with Gasteiger partial charge in [-0.15, -0.1) is 5.10 Å². The minimum Gasteiger partial charge on any atom is -0.466 e. The first-order valence-corrected chi connectivity index (χ1v) is 9.25. The van der Waals surface area contributed by atoms with E-state index in [1.807, 2.05) is 19.9 Å². The van der Waals surface area contributed by atoms with Crippen LogP contribution in [0.5, 0.6) is 0 Å². The fraction of sp³-hybridized carbons (Fsp3) is 0.400. The average Bonchev–Trinajstić information content (AvgIpc) is 3.34. The van der Waals surface area contributed by atoms with Gasteiger partial charge in [0.2, 0.25) is 0 Å². The molecule has 8 heteroatoms. The monoisotopic (exact) mass is 388 g/mol. The second-order valence-corrected chi connectivity index (χ2v) is 7.23. The zero-order valence-corrected chi connectivity index (χ0v) is 15.8. The number of nitrogens with zero attached hydrogens (tertiary/aromatic N) is 4. The minimum absolute atomic E-state index is 0.0280. The number of rotatable bonds is 5. The first kappa shape index (κ1) is 18.8. The molecule has 1 aliphatic rings. The van der Waals surface area contributed by atoms with Crippen molar-refractivity contribution < 1.29 is 18.3 Å². The van der Waals surface area contributed by atoms with E-state index in [0.717, 1.165) is 49.2 Å². The zero-order valence-electron chi connectivity index (χ0n) is 15.8. The molecule has 3 heterocycles. The second kappa shape index (κ2) is 7.44. The highest BCUT2D eigenvalue weighted by molar-refractivity contribution is 5.62. The van der Waals surface area contributed by atoms with Crippen molar-refractivity contribution in [3.8, 4) is 11.3 Å². The van der Waals surface area contributed by atoms with Gasteiger partial charge in [-0.3, -0.25) is 4.90 Å². The van der Waals surface area contributed by atoms with Gasteiger partial charge in [0, 0.05) is 36.8 Å². The van der Waals surface area contributed by atoms with E-state index in [1.54, 1.807) is 4.68 Å². The maximum absolute atomic E-state index is 14.2. The molecule has 1 aliphatic heterocycles. The minimum atomic E-state index is -0.722. The Kier molecular flexibility index (Phi) is 4.99. The highest BCUT2D eigenvalue weighted by Gasteiger charge is 2.29. The summed E-state index contributed by atoms with van der Waals surface area (Å²) in [5, 5.41) is 18.1. The van der Waals surface area contributed by atoms with Crippen molar-refractivity contribution in [2.75, 3.05) is 13.1 Å². The maximum atomic E-state index is 14.2. The molecule has 1 saturated heterocycles. The number of benzene rings is 1. The number of aliphatic hydroxyl groups excluding tert-OH is 1. The van der Waals surface area contributed by atoms with Gasteiger partial charge >= 0.3 is 0 Å². The van der Waals surface area contributed by atoms with E-state index in [0.29, 0.717) is 5.69 Å². The Morgan fingerprint density at radius 2 is 2.07 bits per heavy atom. The van der Waals surface area contributed by atoms with Gasteiger partial charge in [0.15, 0.2) is 0 Å². The number of likely N-dealkylation sites (tertiary alicyclic amines) is 1. The molecule has 148 valence electrons. The normalized spacial score (nSPS) is 17.5. The van der Waals surface area contributed by atoms with E-state index in [9.17, 15) is 13.9 Å². The lowest BCUT2D eigenvalue weighted by Gasteiger charge is -2.16. The van der Waals surface area contributed by atoms with Crippen LogP contribution in [-0.4, -0.2) is 38.1 Å². The van der Waals surface area contributed by atoms with E-state index in [1.165, 1.54) is 12.1 Å². The van der Waals surface area contributed by atoms with Gasteiger partial charge in [-0.2, -0.15) is 0 Å². The van der Waals surface area contributed by atoms with Gasteiger partial charge in [0.1, 0.15) is 28.8 Å². The van der Waals surface area contributed by atoms with Crippen molar-refractivity contribution in [1.29, 1.82) is 0 Å². The lowest BCUT2D eigenvalue weighted by atomic mass is 10.1. The zero-order chi connectivity index (χ0) is 19.8. The van der Waals surface area contributed by atoms with Gasteiger partial charge in [-0.05, 0) is 38.5 Å². The van der Waals surface area contributed by atoms with Gasteiger partial charge in [-0.1, -0.05) is 5.21 Å². The molecule has 1 aromatic carbocycles. The summed E-state index contributed by atoms with van der Waals surface area (Å²) in [6.45, 7) is 5.96. The molecule has 28 heavy (non-hydrogen) atoms. The molecule has 0 amide bonds. The van der Waals surface area contributed by atoms with Crippen LogP contribution in [0.4, 0.5) is 8.78 Å². The largest absolute Gasteiger partial charge is 0.466 e. The third kappa shape index (κ3) is 3.45. The topological polar surface area (TPSA) is 67.3 Å². The predicted octanol–water partition coefficient (Wildman–Crippen LogP) is 3.37. The molecule has 1 N–H and O–H groups in total. The summed E-state index contributed by atoms with van der Waals surface area (Å²) < 4.78 is 34.6. The Hall–Kier alpha value is -2.58. The molecule has 3 aromatic rings. The molecule has 0 saturated carbocycles. The number of aromatic nitrogens is 3. The lowest BCUT2D eigenvalue weighted by Crippen LogP contribution is -2.22. The summed E-state index contributed by atoms with van der Waals surface area (Å²) in [5.41, 5.74) is 1.98. The van der Waals surface area contributed by atoms with Crippen molar-refractivity contribution >= 4 is 0 Å². The fourth-order valence-corrected chi connectivity index (χ4v) is 3.88. The third-order valence-corrected chi connectivity index (χ3v) is 5.26. The molecule has 0 aliphatic carbocycles. The molecule has 0 bridgehead atoms. The number of hydrogen-bond acceptors (Lipinski definition) is 5. The summed E-state index contributed by atoms with van der Waals surface area (Å²) >= 11 is 0. The van der Waals surface area contributed by atoms with Crippen LogP contribution in [0.1, 0.15) is 35.2 Å². The molecular weight excluding hydrogens is 366 g/mol. The molecule has 1 fully saturated rings. The molecular formula is C20H22F2N4O2. The highest BCUT2D eigenvalue weighted by atomic mass is 19.1. The Balaban J connectivity index is 1.55. The summed E-state index contributed by atoms with van der Waals surface area (Å²) in [4.78, 5) is 2.29. The molecule has 0 unspecified atom stereocenters. The smallest absolute Gasteiger partial charge is 0.135 e. The number of aliphatic hydroxyl groups is 1. The van der Waals surface area contributed by atoms with E-state index in [2.05, 4.69) is 15.2 Å². The van der Waals surface area contributed by atoms with Gasteiger partial charge in [-0.25, -0.2) is 13.5 Å². The van der Waals surface area contributed by atoms with Gasteiger partial charge in [0.25, 0.3) is 0 Å². The summed E-state index contributed by atoms with van der Waals surface area (Å²) in [5.74, 6) is 0.441. The van der Waals surface area contributed by atoms with Crippen LogP contribution in [-0.2, 0) is 13.2 Å². The van der Waals surface area contributed by atoms with Crippen molar-refractivity contribution in [2.45, 2.75) is 39.5 Å². The molecule has 0 radical (unpaired) electrons. The molecule has 6 nitrogen and oxygen atoms in total. The van der Waals surface area contributed by atoms with E-state index >= 15 is 0 Å². The van der Waals surface area contributed by atoms with Crippen molar-refractivity contribution in [3.05, 3.63) is 58.7 Å². The van der Waals surface area contributed by atoms with Crippen LogP contribution in [0.2, 0.25) is 0 Å². The van der Waals surface area contributed by atoms with Crippen molar-refractivity contribution in [2.24, 2.45) is 0 Å². The predicted molar refractivity (Wildman–Crippen MR) is 98.4 cm³/mol. The van der Waals surface area contributed by atoms with E-state index < -0.39 is 11.6 Å². The highest BCUT2D eigenvalue weighted by Crippen LogP contribution is 2.30. The Bertz CT molecular complexity index is 998. The number of furan rings is 1. The van der Waals surface area contributed by atoms with Crippen LogP contribution in [0.3, 0.4) is 0 Å². The van der Waals surface area contributed by atoms with Crippen molar-refractivity contribution in [1.82, 2.24) is 19.9 Å². The SMILES string of the molecule is Cc1cc(CN2CC[C@@H](n3nnc(-c4ccc(F)cc4F)c3CO)C2)c(C)o1. The lowest BCUT2D eigenvalue weighted by molar-refractivity contribution is 0.257. The molecule has 4 rings (SSSR count). The first-order valence-electron chi connectivity index (χ1n) is 9.25. The van der Waals surface area contributed by atoms with Crippen LogP contribution in [0.25, 0.3) is 11.3 Å². The average molecular weight is 388 g/mol. The Labute approximate surface area is 161 Å². The van der Waals surface area contributed by atoms with Crippen LogP contribution >= 0.6 is 0 Å². The molecule has 1 atom stereocenters. The standard InChI is InChI=1S/C20H22F2N4O2/c1-12-7-14(13(2)28-12)9-25-6-5-16(10-25)26-19(11-27)20(23-24-26)17-4-3-15(21)8-18(17)22/h3-4,7-8,16,27H,5-6,9-11H2,1-2H3/t16-/m1/s1. The molecule has 2 aromatic heterocycles. The van der Waals surface area contributed by atoms with Crippen molar-refractivity contribution in [3.63, 3.8) is 0 Å². The van der Waals surface area contributed by atoms with E-state index in [4.69, 9.17) is 4.42 Å². The van der Waals surface area contributed by atoms with E-state index in [-0.39, 0.29) is 23.9 Å². The summed E-state index contributed by atoms with van der Waals surface area (Å²) in [6, 6.07) is 5.38. The van der Waals surface area contributed by atoms with Gasteiger partial charge < -0.3 is 9.52 Å². The first-order chi connectivity index (χ1) is 13.5. The second-order valence-electron chi connectivity index (χ2n) is 7.23. The van der Waals surface area contributed by atoms with Crippen LogP contribution < -0.4 is 0 Å².